The third kappa shape index (κ3) is 3.98. The lowest BCUT2D eigenvalue weighted by molar-refractivity contribution is 0.277. The van der Waals surface area contributed by atoms with Gasteiger partial charge in [0.25, 0.3) is 0 Å². The molecule has 0 aromatic heterocycles. The molecule has 0 heterocycles. The highest BCUT2D eigenvalue weighted by atomic mass is 35.5. The van der Waals surface area contributed by atoms with Crippen LogP contribution in [0.1, 0.15) is 30.9 Å². The van der Waals surface area contributed by atoms with Crippen LogP contribution >= 0.6 is 11.6 Å². The third-order valence-electron chi connectivity index (χ3n) is 3.61. The Morgan fingerprint density at radius 1 is 1.39 bits per heavy atom. The molecule has 0 radical (unpaired) electrons. The second kappa shape index (κ2) is 6.55. The summed E-state index contributed by atoms with van der Waals surface area (Å²) in [4.78, 5) is 2.56. The molecule has 1 fully saturated rings. The van der Waals surface area contributed by atoms with Crippen molar-refractivity contribution in [3.8, 4) is 0 Å². The molecule has 100 valence electrons. The standard InChI is InChI=1S/C15H23ClN2/c1-3-18(14-6-7-14)9-8-17-11-13-5-4-12(2)15(16)10-13/h4-5,10,14,17H,3,6-9,11H2,1-2H3. The van der Waals surface area contributed by atoms with Crippen molar-refractivity contribution in [2.75, 3.05) is 19.6 Å². The molecular formula is C15H23ClN2. The van der Waals surface area contributed by atoms with Crippen molar-refractivity contribution in [3.05, 3.63) is 34.3 Å². The number of benzene rings is 1. The SMILES string of the molecule is CCN(CCNCc1ccc(C)c(Cl)c1)C1CC1. The van der Waals surface area contributed by atoms with Crippen molar-refractivity contribution in [1.29, 1.82) is 0 Å². The Labute approximate surface area is 115 Å². The fraction of sp³-hybridized carbons (Fsp3) is 0.600. The van der Waals surface area contributed by atoms with E-state index in [0.717, 1.165) is 36.3 Å². The molecule has 3 heteroatoms. The number of aryl methyl sites for hydroxylation is 1. The average molecular weight is 267 g/mol. The summed E-state index contributed by atoms with van der Waals surface area (Å²) < 4.78 is 0. The number of nitrogens with one attached hydrogen (secondary N) is 1. The van der Waals surface area contributed by atoms with Crippen LogP contribution in [0.4, 0.5) is 0 Å². The van der Waals surface area contributed by atoms with E-state index in [0.29, 0.717) is 0 Å². The molecule has 0 atom stereocenters. The first-order valence-corrected chi connectivity index (χ1v) is 7.28. The highest BCUT2D eigenvalue weighted by Crippen LogP contribution is 2.25. The summed E-state index contributed by atoms with van der Waals surface area (Å²) in [6, 6.07) is 7.15. The van der Waals surface area contributed by atoms with Gasteiger partial charge < -0.3 is 5.32 Å². The topological polar surface area (TPSA) is 15.3 Å². The van der Waals surface area contributed by atoms with E-state index < -0.39 is 0 Å². The van der Waals surface area contributed by atoms with E-state index in [1.807, 2.05) is 6.92 Å². The van der Waals surface area contributed by atoms with Crippen LogP contribution in [0.15, 0.2) is 18.2 Å². The van der Waals surface area contributed by atoms with Crippen LogP contribution in [0.25, 0.3) is 0 Å². The van der Waals surface area contributed by atoms with Gasteiger partial charge in [-0.15, -0.1) is 0 Å². The first-order valence-electron chi connectivity index (χ1n) is 6.90. The molecule has 0 saturated heterocycles. The van der Waals surface area contributed by atoms with E-state index in [4.69, 9.17) is 11.6 Å². The molecule has 0 bridgehead atoms. The Bertz CT molecular complexity index is 388. The minimum atomic E-state index is 0.863. The number of hydrogen-bond donors (Lipinski definition) is 1. The molecule has 2 nitrogen and oxygen atoms in total. The summed E-state index contributed by atoms with van der Waals surface area (Å²) in [5.41, 5.74) is 2.41. The van der Waals surface area contributed by atoms with E-state index in [9.17, 15) is 0 Å². The quantitative estimate of drug-likeness (QED) is 0.763. The van der Waals surface area contributed by atoms with Gasteiger partial charge in [-0.2, -0.15) is 0 Å². The van der Waals surface area contributed by atoms with Crippen molar-refractivity contribution >= 4 is 11.6 Å². The van der Waals surface area contributed by atoms with Gasteiger partial charge >= 0.3 is 0 Å². The van der Waals surface area contributed by atoms with Crippen LogP contribution < -0.4 is 5.32 Å². The minimum absolute atomic E-state index is 0.863. The van der Waals surface area contributed by atoms with Gasteiger partial charge in [0.05, 0.1) is 0 Å². The monoisotopic (exact) mass is 266 g/mol. The molecule has 1 aromatic rings. The van der Waals surface area contributed by atoms with Crippen molar-refractivity contribution < 1.29 is 0 Å². The normalized spacial score (nSPS) is 15.3. The highest BCUT2D eigenvalue weighted by Gasteiger charge is 2.26. The van der Waals surface area contributed by atoms with E-state index in [1.165, 1.54) is 24.9 Å². The maximum Gasteiger partial charge on any atom is 0.0438 e. The number of hydrogen-bond acceptors (Lipinski definition) is 2. The predicted octanol–water partition coefficient (Wildman–Crippen LogP) is 3.22. The molecule has 1 aliphatic rings. The number of rotatable bonds is 7. The Hall–Kier alpha value is -0.570. The lowest BCUT2D eigenvalue weighted by Crippen LogP contribution is -2.33. The summed E-state index contributed by atoms with van der Waals surface area (Å²) in [6.45, 7) is 8.56. The zero-order valence-electron chi connectivity index (χ0n) is 11.4. The molecule has 0 aliphatic heterocycles. The van der Waals surface area contributed by atoms with E-state index in [1.54, 1.807) is 0 Å². The lowest BCUT2D eigenvalue weighted by atomic mass is 10.1. The third-order valence-corrected chi connectivity index (χ3v) is 4.02. The van der Waals surface area contributed by atoms with Gasteiger partial charge in [0.2, 0.25) is 0 Å². The number of likely N-dealkylation sites (N-methyl/N-ethyl adjacent to an activating group) is 1. The molecule has 1 aliphatic carbocycles. The smallest absolute Gasteiger partial charge is 0.0438 e. The van der Waals surface area contributed by atoms with Crippen molar-refractivity contribution in [2.24, 2.45) is 0 Å². The lowest BCUT2D eigenvalue weighted by Gasteiger charge is -2.19. The van der Waals surface area contributed by atoms with Crippen LogP contribution in [0, 0.1) is 6.92 Å². The van der Waals surface area contributed by atoms with E-state index in [-0.39, 0.29) is 0 Å². The van der Waals surface area contributed by atoms with Gasteiger partial charge in [-0.25, -0.2) is 0 Å². The Morgan fingerprint density at radius 2 is 2.17 bits per heavy atom. The predicted molar refractivity (Wildman–Crippen MR) is 78.2 cm³/mol. The van der Waals surface area contributed by atoms with Crippen LogP contribution in [0.3, 0.4) is 0 Å². The van der Waals surface area contributed by atoms with Crippen LogP contribution in [0.2, 0.25) is 5.02 Å². The molecule has 0 amide bonds. The molecule has 0 unspecified atom stereocenters. The molecule has 1 aromatic carbocycles. The van der Waals surface area contributed by atoms with Gasteiger partial charge in [0.15, 0.2) is 0 Å². The molecule has 1 N–H and O–H groups in total. The molecular weight excluding hydrogens is 244 g/mol. The summed E-state index contributed by atoms with van der Waals surface area (Å²) in [5, 5.41) is 4.36. The van der Waals surface area contributed by atoms with Gasteiger partial charge in [-0.05, 0) is 43.5 Å². The Kier molecular flexibility index (Phi) is 5.04. The molecule has 18 heavy (non-hydrogen) atoms. The fourth-order valence-electron chi connectivity index (χ4n) is 2.24. The molecule has 0 spiro atoms. The Morgan fingerprint density at radius 3 is 2.78 bits per heavy atom. The first kappa shape index (κ1) is 13.9. The number of nitrogens with zero attached hydrogens (tertiary/aromatic N) is 1. The average Bonchev–Trinajstić information content (AvgIpc) is 3.18. The molecule has 2 rings (SSSR count). The summed E-state index contributed by atoms with van der Waals surface area (Å²) in [7, 11) is 0. The maximum absolute atomic E-state index is 6.11. The minimum Gasteiger partial charge on any atom is -0.311 e. The zero-order chi connectivity index (χ0) is 13.0. The Balaban J connectivity index is 1.69. The fourth-order valence-corrected chi connectivity index (χ4v) is 2.44. The van der Waals surface area contributed by atoms with Gasteiger partial charge in [-0.3, -0.25) is 4.90 Å². The van der Waals surface area contributed by atoms with Gasteiger partial charge in [0, 0.05) is 30.7 Å². The van der Waals surface area contributed by atoms with E-state index >= 15 is 0 Å². The van der Waals surface area contributed by atoms with Gasteiger partial charge in [-0.1, -0.05) is 30.7 Å². The van der Waals surface area contributed by atoms with Crippen LogP contribution in [-0.2, 0) is 6.54 Å². The number of halogens is 1. The van der Waals surface area contributed by atoms with Gasteiger partial charge in [0.1, 0.15) is 0 Å². The molecule has 1 saturated carbocycles. The summed E-state index contributed by atoms with van der Waals surface area (Å²) in [6.07, 6.45) is 2.78. The second-order valence-corrected chi connectivity index (χ2v) is 5.53. The first-order chi connectivity index (χ1) is 8.70. The summed E-state index contributed by atoms with van der Waals surface area (Å²) >= 11 is 6.11. The van der Waals surface area contributed by atoms with Crippen molar-refractivity contribution in [3.63, 3.8) is 0 Å². The van der Waals surface area contributed by atoms with Crippen LogP contribution in [0.5, 0.6) is 0 Å². The summed E-state index contributed by atoms with van der Waals surface area (Å²) in [5.74, 6) is 0. The highest BCUT2D eigenvalue weighted by molar-refractivity contribution is 6.31. The van der Waals surface area contributed by atoms with Crippen molar-refractivity contribution in [2.45, 2.75) is 39.3 Å². The second-order valence-electron chi connectivity index (χ2n) is 5.12. The maximum atomic E-state index is 6.11. The van der Waals surface area contributed by atoms with Crippen LogP contribution in [-0.4, -0.2) is 30.6 Å². The van der Waals surface area contributed by atoms with E-state index in [2.05, 4.69) is 35.3 Å². The largest absolute Gasteiger partial charge is 0.311 e. The van der Waals surface area contributed by atoms with Crippen molar-refractivity contribution in [1.82, 2.24) is 10.2 Å². The zero-order valence-corrected chi connectivity index (χ0v) is 12.1.